The maximum absolute atomic E-state index is 12.9. The summed E-state index contributed by atoms with van der Waals surface area (Å²) >= 11 is 0. The number of amides is 3. The smallest absolute Gasteiger partial charge is 0.315 e. The molecule has 0 spiro atoms. The number of rotatable bonds is 10. The molecule has 2 atom stereocenters. The van der Waals surface area contributed by atoms with Gasteiger partial charge in [-0.1, -0.05) is 50.2 Å². The number of hydrogen-bond donors (Lipinski definition) is 4. The van der Waals surface area contributed by atoms with Gasteiger partial charge in [0, 0.05) is 78.1 Å². The zero-order valence-corrected chi connectivity index (χ0v) is 35.2. The number of aromatic nitrogens is 6. The number of carbonyl (C=O) groups is 3. The lowest BCUT2D eigenvalue weighted by molar-refractivity contribution is -0.133. The van der Waals surface area contributed by atoms with E-state index in [1.54, 1.807) is 6.33 Å². The topological polar surface area (TPSA) is 187 Å². The molecule has 2 aliphatic heterocycles. The Morgan fingerprint density at radius 2 is 1.70 bits per heavy atom. The summed E-state index contributed by atoms with van der Waals surface area (Å²) in [7, 11) is 0. The van der Waals surface area contributed by atoms with E-state index < -0.39 is 5.91 Å². The van der Waals surface area contributed by atoms with E-state index in [9.17, 15) is 14.4 Å². The highest BCUT2D eigenvalue weighted by molar-refractivity contribution is 6.01. The van der Waals surface area contributed by atoms with Crippen LogP contribution in [0.4, 0.5) is 11.5 Å². The zero-order valence-electron chi connectivity index (χ0n) is 35.2. The predicted molar refractivity (Wildman–Crippen MR) is 232 cm³/mol. The Kier molecular flexibility index (Phi) is 10.6. The molecule has 0 bridgehead atoms. The van der Waals surface area contributed by atoms with E-state index in [1.165, 1.54) is 5.56 Å². The van der Waals surface area contributed by atoms with Gasteiger partial charge in [-0.2, -0.15) is 4.98 Å². The highest BCUT2D eigenvalue weighted by Gasteiger charge is 2.36. The molecule has 2 saturated heterocycles. The number of imide groups is 1. The van der Waals surface area contributed by atoms with E-state index in [1.807, 2.05) is 65.1 Å². The molecule has 61 heavy (non-hydrogen) atoms. The van der Waals surface area contributed by atoms with Crippen LogP contribution in [0.5, 0.6) is 0 Å². The summed E-state index contributed by atoms with van der Waals surface area (Å²) in [5.74, 6) is 1.08. The van der Waals surface area contributed by atoms with Crippen molar-refractivity contribution in [1.29, 1.82) is 0 Å². The molecule has 3 fully saturated rings. The molecule has 0 unspecified atom stereocenters. The lowest BCUT2D eigenvalue weighted by atomic mass is 9.75. The van der Waals surface area contributed by atoms with Crippen LogP contribution in [-0.2, 0) is 15.0 Å². The van der Waals surface area contributed by atoms with Gasteiger partial charge in [-0.25, -0.2) is 15.0 Å². The Hall–Kier alpha value is -6.48. The largest absolute Gasteiger partial charge is 0.374 e. The summed E-state index contributed by atoms with van der Waals surface area (Å²) in [6.45, 7) is 13.7. The molecule has 2 aromatic carbocycles. The van der Waals surface area contributed by atoms with Gasteiger partial charge < -0.3 is 25.0 Å². The zero-order chi connectivity index (χ0) is 42.4. The average molecular weight is 822 g/mol. The number of piperazine rings is 1. The van der Waals surface area contributed by atoms with E-state index in [0.717, 1.165) is 95.2 Å². The predicted octanol–water partition coefficient (Wildman–Crippen LogP) is 6.45. The van der Waals surface area contributed by atoms with Crippen molar-refractivity contribution in [3.63, 3.8) is 0 Å². The normalized spacial score (nSPS) is 20.3. The van der Waals surface area contributed by atoms with Gasteiger partial charge in [-0.05, 0) is 92.1 Å². The van der Waals surface area contributed by atoms with E-state index in [2.05, 4.69) is 87.2 Å². The Labute approximate surface area is 354 Å². The standard InChI is InChI=1S/C46H51N11O4/c1-26-20-29(8-12-34(26)27(2)50-43(60)44-54-45(55-61-44)46(3,4)5)40-35-23-37(52-41(35)49-25-48-40)30-9-14-38(47-24-30)57-18-16-56(17-19-57)33-21-31(22-33)28-6-10-32(11-7-28)51-36-13-15-39(58)53-42(36)59/h6-12,14,20,23-25,27,31,33,36,51H,13,15-19,21-22H2,1-5H3,(H,50,60)(H,48,49,52)(H,53,58,59)/t27-,31-,33+,36+/m1/s1. The highest BCUT2D eigenvalue weighted by Crippen LogP contribution is 2.41. The summed E-state index contributed by atoms with van der Waals surface area (Å²) in [5, 5.41) is 13.6. The van der Waals surface area contributed by atoms with Crippen LogP contribution in [0.2, 0.25) is 0 Å². The van der Waals surface area contributed by atoms with Crippen LogP contribution in [0.3, 0.4) is 0 Å². The molecule has 9 rings (SSSR count). The number of fused-ring (bicyclic) bond motifs is 1. The average Bonchev–Trinajstić information content (AvgIpc) is 3.92. The molecule has 15 heteroatoms. The maximum atomic E-state index is 12.9. The fraction of sp³-hybridized carbons (Fsp3) is 0.391. The summed E-state index contributed by atoms with van der Waals surface area (Å²) in [5.41, 5.74) is 8.29. The molecule has 1 aliphatic carbocycles. The number of aryl methyl sites for hydroxylation is 1. The number of nitrogens with one attached hydrogen (secondary N) is 4. The van der Waals surface area contributed by atoms with E-state index in [0.29, 0.717) is 30.6 Å². The molecular formula is C46H51N11O4. The number of piperidine rings is 1. The minimum Gasteiger partial charge on any atom is -0.374 e. The number of nitrogens with zero attached hydrogens (tertiary/aromatic N) is 7. The molecule has 6 heterocycles. The van der Waals surface area contributed by atoms with Crippen LogP contribution in [0.15, 0.2) is 77.7 Å². The number of carbonyl (C=O) groups excluding carboxylic acids is 3. The van der Waals surface area contributed by atoms with Crippen molar-refractivity contribution in [2.75, 3.05) is 36.4 Å². The number of benzene rings is 2. The molecule has 1 saturated carbocycles. The number of aromatic amines is 1. The Morgan fingerprint density at radius 3 is 2.39 bits per heavy atom. The first-order chi connectivity index (χ1) is 29.4. The molecule has 4 N–H and O–H groups in total. The maximum Gasteiger partial charge on any atom is 0.315 e. The summed E-state index contributed by atoms with van der Waals surface area (Å²) < 4.78 is 5.24. The number of hydrogen-bond acceptors (Lipinski definition) is 12. The summed E-state index contributed by atoms with van der Waals surface area (Å²) in [4.78, 5) is 63.4. The van der Waals surface area contributed by atoms with E-state index in [4.69, 9.17) is 9.51 Å². The second kappa shape index (κ2) is 16.2. The number of anilines is 2. The first kappa shape index (κ1) is 40.0. The van der Waals surface area contributed by atoms with Crippen LogP contribution in [0.1, 0.15) is 98.5 Å². The Balaban J connectivity index is 0.783. The third kappa shape index (κ3) is 8.34. The van der Waals surface area contributed by atoms with Crippen LogP contribution in [-0.4, -0.2) is 91.0 Å². The van der Waals surface area contributed by atoms with Gasteiger partial charge in [0.15, 0.2) is 5.82 Å². The van der Waals surface area contributed by atoms with Gasteiger partial charge in [0.1, 0.15) is 23.8 Å². The van der Waals surface area contributed by atoms with Gasteiger partial charge in [0.2, 0.25) is 11.8 Å². The van der Waals surface area contributed by atoms with Crippen molar-refractivity contribution in [3.05, 3.63) is 102 Å². The SMILES string of the molecule is Cc1cc(-c2ncnc3[nH]c(-c4ccc(N5CCN([C@H]6C[C@@H](c7ccc(N[C@H]8CCC(=O)NC8=O)cc7)C6)CC5)nc4)cc23)ccc1[C@@H](C)NC(=O)c1nc(C(C)(C)C)no1. The molecule has 15 nitrogen and oxygen atoms in total. The second-order valence-corrected chi connectivity index (χ2v) is 17.6. The summed E-state index contributed by atoms with van der Waals surface area (Å²) in [6, 6.07) is 20.8. The molecule has 6 aromatic rings. The van der Waals surface area contributed by atoms with Crippen LogP contribution < -0.4 is 20.9 Å². The monoisotopic (exact) mass is 821 g/mol. The number of pyridine rings is 1. The number of H-pyrrole nitrogens is 1. The fourth-order valence-corrected chi connectivity index (χ4v) is 8.68. The highest BCUT2D eigenvalue weighted by atomic mass is 16.5. The molecule has 3 aliphatic rings. The molecular weight excluding hydrogens is 771 g/mol. The van der Waals surface area contributed by atoms with Gasteiger partial charge >= 0.3 is 11.8 Å². The van der Waals surface area contributed by atoms with Crippen molar-refractivity contribution in [2.24, 2.45) is 0 Å². The first-order valence-corrected chi connectivity index (χ1v) is 21.1. The minimum atomic E-state index is -0.412. The lowest BCUT2D eigenvalue weighted by Gasteiger charge is -2.47. The van der Waals surface area contributed by atoms with Crippen molar-refractivity contribution in [2.45, 2.75) is 89.8 Å². The van der Waals surface area contributed by atoms with E-state index in [-0.39, 0.29) is 35.2 Å². The van der Waals surface area contributed by atoms with Crippen molar-refractivity contribution >= 4 is 40.3 Å². The third-order valence-corrected chi connectivity index (χ3v) is 12.4. The molecule has 3 amide bonds. The third-order valence-electron chi connectivity index (χ3n) is 12.4. The van der Waals surface area contributed by atoms with Crippen LogP contribution in [0, 0.1) is 6.92 Å². The second-order valence-electron chi connectivity index (χ2n) is 17.6. The van der Waals surface area contributed by atoms with Gasteiger partial charge in [-0.3, -0.25) is 24.6 Å². The van der Waals surface area contributed by atoms with Gasteiger partial charge in [-0.15, -0.1) is 0 Å². The van der Waals surface area contributed by atoms with E-state index >= 15 is 0 Å². The molecule has 314 valence electrons. The van der Waals surface area contributed by atoms with Crippen molar-refractivity contribution in [1.82, 2.24) is 45.6 Å². The van der Waals surface area contributed by atoms with Crippen molar-refractivity contribution in [3.8, 4) is 22.5 Å². The van der Waals surface area contributed by atoms with Gasteiger partial charge in [0.25, 0.3) is 0 Å². The summed E-state index contributed by atoms with van der Waals surface area (Å²) in [6.07, 6.45) is 6.68. The van der Waals surface area contributed by atoms with Crippen LogP contribution in [0.25, 0.3) is 33.5 Å². The Bertz CT molecular complexity index is 2580. The van der Waals surface area contributed by atoms with Crippen molar-refractivity contribution < 1.29 is 18.9 Å². The lowest BCUT2D eigenvalue weighted by Crippen LogP contribution is -2.53. The molecule has 4 aromatic heterocycles. The first-order valence-electron chi connectivity index (χ1n) is 21.1. The quantitative estimate of drug-likeness (QED) is 0.111. The fourth-order valence-electron chi connectivity index (χ4n) is 8.68. The molecule has 0 radical (unpaired) electrons. The van der Waals surface area contributed by atoms with Crippen LogP contribution >= 0.6 is 0 Å². The Morgan fingerprint density at radius 1 is 0.934 bits per heavy atom. The van der Waals surface area contributed by atoms with Gasteiger partial charge in [0.05, 0.1) is 11.7 Å². The minimum absolute atomic E-state index is 0.0508.